The summed E-state index contributed by atoms with van der Waals surface area (Å²) in [5.41, 5.74) is 4.41. The Balaban J connectivity index is 1.79. The van der Waals surface area contributed by atoms with Gasteiger partial charge in [-0.1, -0.05) is 18.2 Å². The summed E-state index contributed by atoms with van der Waals surface area (Å²) in [4.78, 5) is 14.9. The first-order valence-electron chi connectivity index (χ1n) is 8.40. The number of halogens is 1. The smallest absolute Gasteiger partial charge is 0.251 e. The first-order valence-corrected chi connectivity index (χ1v) is 8.40. The minimum atomic E-state index is -0.205. The van der Waals surface area contributed by atoms with Crippen LogP contribution in [0.25, 0.3) is 11.1 Å². The Morgan fingerprint density at radius 2 is 1.88 bits per heavy atom. The number of carbonyl (C=O) groups excluding carboxylic acids is 1. The molecule has 2 heterocycles. The number of benzene rings is 2. The molecule has 4 heteroatoms. The van der Waals surface area contributed by atoms with E-state index in [1.807, 2.05) is 12.1 Å². The number of nitrogens with one attached hydrogen (secondary N) is 1. The van der Waals surface area contributed by atoms with E-state index >= 15 is 0 Å². The molecular formula is C20H21FN2O. The molecule has 0 spiro atoms. The zero-order chi connectivity index (χ0) is 16.8. The maximum Gasteiger partial charge on any atom is 0.251 e. The van der Waals surface area contributed by atoms with Crippen LogP contribution in [-0.4, -0.2) is 37.5 Å². The van der Waals surface area contributed by atoms with Crippen LogP contribution in [-0.2, 0) is 0 Å². The lowest BCUT2D eigenvalue weighted by molar-refractivity contribution is 0.0951. The van der Waals surface area contributed by atoms with Gasteiger partial charge in [-0.05, 0) is 60.3 Å². The predicted octanol–water partition coefficient (Wildman–Crippen LogP) is 3.19. The van der Waals surface area contributed by atoms with Gasteiger partial charge in [0.2, 0.25) is 0 Å². The Kier molecular flexibility index (Phi) is 3.65. The molecule has 2 aromatic carbocycles. The van der Waals surface area contributed by atoms with Crippen LogP contribution < -0.4 is 5.32 Å². The second-order valence-corrected chi connectivity index (χ2v) is 7.06. The van der Waals surface area contributed by atoms with Gasteiger partial charge >= 0.3 is 0 Å². The van der Waals surface area contributed by atoms with Gasteiger partial charge in [-0.15, -0.1) is 0 Å². The van der Waals surface area contributed by atoms with Crippen LogP contribution in [0.1, 0.15) is 27.4 Å². The minimum Gasteiger partial charge on any atom is -0.352 e. The van der Waals surface area contributed by atoms with E-state index in [1.54, 1.807) is 13.0 Å². The topological polar surface area (TPSA) is 32.3 Å². The number of nitrogens with zero attached hydrogens (tertiary/aromatic N) is 1. The fraction of sp³-hybridized carbons (Fsp3) is 0.350. The average molecular weight is 324 g/mol. The van der Waals surface area contributed by atoms with Crippen molar-refractivity contribution in [2.45, 2.75) is 12.8 Å². The first kappa shape index (κ1) is 15.3. The largest absolute Gasteiger partial charge is 0.352 e. The molecule has 24 heavy (non-hydrogen) atoms. The highest BCUT2D eigenvalue weighted by Gasteiger charge is 2.36. The first-order chi connectivity index (χ1) is 11.5. The van der Waals surface area contributed by atoms with Crippen molar-refractivity contribution >= 4 is 5.91 Å². The number of likely N-dealkylation sites (tertiary alicyclic amines) is 1. The van der Waals surface area contributed by atoms with E-state index in [0.717, 1.165) is 41.9 Å². The standard InChI is InChI=1S/C20H21FN2O/c1-12-7-13(4-6-19(12)21)14-3-5-16-17(8-14)20(24)22-9-15-10-23(2)11-18(15)16/h3-8,15,18H,9-11H2,1-2H3,(H,22,24). The zero-order valence-corrected chi connectivity index (χ0v) is 14.0. The summed E-state index contributed by atoms with van der Waals surface area (Å²) in [6.45, 7) is 4.49. The molecule has 0 aromatic heterocycles. The summed E-state index contributed by atoms with van der Waals surface area (Å²) >= 11 is 0. The van der Waals surface area contributed by atoms with Gasteiger partial charge in [-0.3, -0.25) is 4.79 Å². The fourth-order valence-electron chi connectivity index (χ4n) is 4.05. The van der Waals surface area contributed by atoms with Gasteiger partial charge in [0, 0.05) is 31.1 Å². The lowest BCUT2D eigenvalue weighted by Gasteiger charge is -2.17. The van der Waals surface area contributed by atoms with Crippen LogP contribution >= 0.6 is 0 Å². The quantitative estimate of drug-likeness (QED) is 0.874. The Labute approximate surface area is 141 Å². The van der Waals surface area contributed by atoms with Crippen molar-refractivity contribution < 1.29 is 9.18 Å². The lowest BCUT2D eigenvalue weighted by atomic mass is 9.86. The minimum absolute atomic E-state index is 0.00253. The van der Waals surface area contributed by atoms with E-state index in [4.69, 9.17) is 0 Å². The van der Waals surface area contributed by atoms with Gasteiger partial charge in [0.25, 0.3) is 5.91 Å². The van der Waals surface area contributed by atoms with Crippen molar-refractivity contribution in [3.05, 3.63) is 58.9 Å². The zero-order valence-electron chi connectivity index (χ0n) is 14.0. The van der Waals surface area contributed by atoms with Gasteiger partial charge in [0.05, 0.1) is 0 Å². The SMILES string of the molecule is Cc1cc(-c2ccc3c(c2)C(=O)NCC2CN(C)CC32)ccc1F. The molecule has 2 aromatic rings. The van der Waals surface area contributed by atoms with Crippen molar-refractivity contribution in [1.82, 2.24) is 10.2 Å². The average Bonchev–Trinajstić information content (AvgIpc) is 2.89. The Hall–Kier alpha value is -2.20. The summed E-state index contributed by atoms with van der Waals surface area (Å²) in [5, 5.41) is 3.07. The summed E-state index contributed by atoms with van der Waals surface area (Å²) in [5.74, 6) is 0.665. The normalized spacial score (nSPS) is 23.4. The predicted molar refractivity (Wildman–Crippen MR) is 92.6 cm³/mol. The number of likely N-dealkylation sites (N-methyl/N-ethyl adjacent to an activating group) is 1. The molecule has 2 atom stereocenters. The molecule has 4 rings (SSSR count). The number of aryl methyl sites for hydroxylation is 1. The molecular weight excluding hydrogens is 303 g/mol. The Bertz CT molecular complexity index is 817. The number of hydrogen-bond acceptors (Lipinski definition) is 2. The van der Waals surface area contributed by atoms with E-state index in [0.29, 0.717) is 17.4 Å². The molecule has 124 valence electrons. The van der Waals surface area contributed by atoms with Crippen LogP contribution in [0.3, 0.4) is 0 Å². The number of fused-ring (bicyclic) bond motifs is 3. The number of carbonyl (C=O) groups is 1. The van der Waals surface area contributed by atoms with Crippen molar-refractivity contribution in [3.8, 4) is 11.1 Å². The van der Waals surface area contributed by atoms with Crippen molar-refractivity contribution in [2.24, 2.45) is 5.92 Å². The lowest BCUT2D eigenvalue weighted by Crippen LogP contribution is -2.29. The number of hydrogen-bond donors (Lipinski definition) is 1. The molecule has 2 aliphatic heterocycles. The fourth-order valence-corrected chi connectivity index (χ4v) is 4.05. The summed E-state index contributed by atoms with van der Waals surface area (Å²) in [7, 11) is 2.13. The van der Waals surface area contributed by atoms with Gasteiger partial charge in [-0.2, -0.15) is 0 Å². The molecule has 2 unspecified atom stereocenters. The third-order valence-electron chi connectivity index (χ3n) is 5.34. The second kappa shape index (κ2) is 5.71. The third kappa shape index (κ3) is 2.51. The van der Waals surface area contributed by atoms with Crippen LogP contribution in [0.2, 0.25) is 0 Å². The van der Waals surface area contributed by atoms with E-state index in [9.17, 15) is 9.18 Å². The number of amides is 1. The summed E-state index contributed by atoms with van der Waals surface area (Å²) in [6.07, 6.45) is 0. The van der Waals surface area contributed by atoms with Crippen LogP contribution in [0.4, 0.5) is 4.39 Å². The highest BCUT2D eigenvalue weighted by Crippen LogP contribution is 2.37. The molecule has 1 N–H and O–H groups in total. The van der Waals surface area contributed by atoms with Crippen molar-refractivity contribution in [3.63, 3.8) is 0 Å². The third-order valence-corrected chi connectivity index (χ3v) is 5.34. The van der Waals surface area contributed by atoms with Crippen LogP contribution in [0.15, 0.2) is 36.4 Å². The molecule has 2 aliphatic rings. The van der Waals surface area contributed by atoms with Crippen LogP contribution in [0, 0.1) is 18.7 Å². The van der Waals surface area contributed by atoms with Crippen molar-refractivity contribution in [2.75, 3.05) is 26.7 Å². The summed E-state index contributed by atoms with van der Waals surface area (Å²) in [6, 6.07) is 11.2. The highest BCUT2D eigenvalue weighted by atomic mass is 19.1. The Morgan fingerprint density at radius 3 is 2.67 bits per heavy atom. The highest BCUT2D eigenvalue weighted by molar-refractivity contribution is 5.97. The monoisotopic (exact) mass is 324 g/mol. The molecule has 0 radical (unpaired) electrons. The van der Waals surface area contributed by atoms with Gasteiger partial charge < -0.3 is 10.2 Å². The maximum atomic E-state index is 13.5. The molecule has 0 aliphatic carbocycles. The maximum absolute atomic E-state index is 13.5. The van der Waals surface area contributed by atoms with E-state index in [2.05, 4.69) is 29.4 Å². The van der Waals surface area contributed by atoms with Crippen molar-refractivity contribution in [1.29, 1.82) is 0 Å². The van der Waals surface area contributed by atoms with Crippen LogP contribution in [0.5, 0.6) is 0 Å². The number of rotatable bonds is 1. The second-order valence-electron chi connectivity index (χ2n) is 7.06. The molecule has 0 saturated carbocycles. The molecule has 1 saturated heterocycles. The molecule has 1 amide bonds. The van der Waals surface area contributed by atoms with Gasteiger partial charge in [0.1, 0.15) is 5.82 Å². The van der Waals surface area contributed by atoms with E-state index < -0.39 is 0 Å². The van der Waals surface area contributed by atoms with E-state index in [1.165, 1.54) is 6.07 Å². The molecule has 3 nitrogen and oxygen atoms in total. The van der Waals surface area contributed by atoms with Gasteiger partial charge in [-0.25, -0.2) is 4.39 Å². The molecule has 0 bridgehead atoms. The summed E-state index contributed by atoms with van der Waals surface area (Å²) < 4.78 is 13.5. The van der Waals surface area contributed by atoms with Gasteiger partial charge in [0.15, 0.2) is 0 Å². The molecule has 1 fully saturated rings. The van der Waals surface area contributed by atoms with E-state index in [-0.39, 0.29) is 11.7 Å². The Morgan fingerprint density at radius 1 is 1.12 bits per heavy atom.